The highest BCUT2D eigenvalue weighted by Gasteiger charge is 2.39. The Balaban J connectivity index is 2.21. The molecule has 0 fully saturated rings. The van der Waals surface area contributed by atoms with Crippen LogP contribution in [0.5, 0.6) is 0 Å². The molecule has 0 amide bonds. The fourth-order valence-corrected chi connectivity index (χ4v) is 3.73. The van der Waals surface area contributed by atoms with E-state index >= 15 is 0 Å². The molecule has 1 heterocycles. The van der Waals surface area contributed by atoms with Gasteiger partial charge in [-0.25, -0.2) is 0 Å². The van der Waals surface area contributed by atoms with Gasteiger partial charge in [0, 0.05) is 23.6 Å². The monoisotopic (exact) mass is 295 g/mol. The summed E-state index contributed by atoms with van der Waals surface area (Å²) in [5, 5.41) is 0. The zero-order chi connectivity index (χ0) is 15.0. The zero-order valence-electron chi connectivity index (χ0n) is 12.8. The second-order valence-electron chi connectivity index (χ2n) is 6.27. The van der Waals surface area contributed by atoms with E-state index in [0.29, 0.717) is 6.04 Å². The van der Waals surface area contributed by atoms with Gasteiger partial charge >= 0.3 is 0 Å². The van der Waals surface area contributed by atoms with Crippen LogP contribution in [0.15, 0.2) is 54.6 Å². The number of fused-ring (bicyclic) bond motifs is 1. The molecule has 0 radical (unpaired) electrons. The van der Waals surface area contributed by atoms with Gasteiger partial charge in [0.05, 0.1) is 0 Å². The van der Waals surface area contributed by atoms with Crippen LogP contribution >= 0.6 is 12.2 Å². The van der Waals surface area contributed by atoms with Crippen molar-refractivity contribution in [3.8, 4) is 0 Å². The number of nitrogens with zero attached hydrogens (tertiary/aromatic N) is 1. The Labute approximate surface area is 132 Å². The molecule has 108 valence electrons. The van der Waals surface area contributed by atoms with Crippen LogP contribution in [-0.4, -0.2) is 22.5 Å². The van der Waals surface area contributed by atoms with Crippen LogP contribution in [-0.2, 0) is 5.41 Å². The first kappa shape index (κ1) is 14.3. The molecule has 1 aliphatic heterocycles. The lowest BCUT2D eigenvalue weighted by atomic mass is 9.71. The van der Waals surface area contributed by atoms with Crippen LogP contribution in [0.3, 0.4) is 0 Å². The van der Waals surface area contributed by atoms with Crippen molar-refractivity contribution in [1.29, 1.82) is 0 Å². The Morgan fingerprint density at radius 1 is 1.00 bits per heavy atom. The first-order valence-corrected chi connectivity index (χ1v) is 7.91. The maximum absolute atomic E-state index is 5.74. The minimum absolute atomic E-state index is 0.0234. The molecule has 0 aliphatic carbocycles. The molecule has 0 aromatic heterocycles. The predicted octanol–water partition coefficient (Wildman–Crippen LogP) is 4.39. The van der Waals surface area contributed by atoms with E-state index < -0.39 is 0 Å². The molecule has 0 N–H and O–H groups in total. The van der Waals surface area contributed by atoms with E-state index in [1.54, 1.807) is 0 Å². The van der Waals surface area contributed by atoms with Crippen LogP contribution in [0, 0.1) is 0 Å². The summed E-state index contributed by atoms with van der Waals surface area (Å²) in [5.74, 6) is 0. The molecule has 1 atom stereocenters. The van der Waals surface area contributed by atoms with Crippen LogP contribution in [0.4, 0.5) is 0 Å². The van der Waals surface area contributed by atoms with Crippen molar-refractivity contribution in [1.82, 2.24) is 4.90 Å². The molecule has 0 spiro atoms. The summed E-state index contributed by atoms with van der Waals surface area (Å²) < 4.78 is 0. The van der Waals surface area contributed by atoms with Crippen molar-refractivity contribution in [3.63, 3.8) is 0 Å². The minimum atomic E-state index is -0.0234. The van der Waals surface area contributed by atoms with Gasteiger partial charge in [0.2, 0.25) is 0 Å². The average Bonchev–Trinajstić information content (AvgIpc) is 2.52. The normalized spacial score (nSPS) is 21.5. The van der Waals surface area contributed by atoms with Gasteiger partial charge in [0.15, 0.2) is 0 Å². The van der Waals surface area contributed by atoms with Crippen molar-refractivity contribution >= 4 is 17.2 Å². The highest BCUT2D eigenvalue weighted by molar-refractivity contribution is 7.80. The summed E-state index contributed by atoms with van der Waals surface area (Å²) in [7, 11) is 0. The molecular formula is C19H21NS. The van der Waals surface area contributed by atoms with E-state index in [4.69, 9.17) is 12.2 Å². The molecule has 1 unspecified atom stereocenters. The van der Waals surface area contributed by atoms with Gasteiger partial charge in [0.1, 0.15) is 4.99 Å². The molecular weight excluding hydrogens is 274 g/mol. The molecule has 2 aromatic carbocycles. The molecule has 2 heteroatoms. The van der Waals surface area contributed by atoms with Crippen molar-refractivity contribution in [2.45, 2.75) is 32.2 Å². The van der Waals surface area contributed by atoms with Gasteiger partial charge in [-0.3, -0.25) is 0 Å². The lowest BCUT2D eigenvalue weighted by molar-refractivity contribution is 0.289. The molecule has 2 aromatic rings. The minimum Gasteiger partial charge on any atom is -0.359 e. The molecule has 0 saturated heterocycles. The van der Waals surface area contributed by atoms with Crippen molar-refractivity contribution in [2.75, 3.05) is 6.54 Å². The van der Waals surface area contributed by atoms with Crippen LogP contribution in [0.25, 0.3) is 0 Å². The third kappa shape index (κ3) is 2.28. The fraction of sp³-hybridized carbons (Fsp3) is 0.316. The lowest BCUT2D eigenvalue weighted by Crippen LogP contribution is -2.50. The topological polar surface area (TPSA) is 3.24 Å². The van der Waals surface area contributed by atoms with Crippen LogP contribution in [0.1, 0.15) is 37.5 Å². The predicted molar refractivity (Wildman–Crippen MR) is 92.9 cm³/mol. The lowest BCUT2D eigenvalue weighted by Gasteiger charge is -2.45. The molecule has 3 rings (SSSR count). The molecule has 1 nitrogen and oxygen atoms in total. The van der Waals surface area contributed by atoms with Crippen LogP contribution < -0.4 is 0 Å². The summed E-state index contributed by atoms with van der Waals surface area (Å²) in [4.78, 5) is 3.33. The summed E-state index contributed by atoms with van der Waals surface area (Å²) in [5.41, 5.74) is 3.88. The third-order valence-electron chi connectivity index (χ3n) is 4.53. The fourth-order valence-electron chi connectivity index (χ4n) is 3.27. The smallest absolute Gasteiger partial charge is 0.109 e. The Hall–Kier alpha value is -1.67. The number of hydrogen-bond acceptors (Lipinski definition) is 1. The van der Waals surface area contributed by atoms with Gasteiger partial charge < -0.3 is 4.90 Å². The third-order valence-corrected chi connectivity index (χ3v) is 4.99. The molecule has 0 bridgehead atoms. The van der Waals surface area contributed by atoms with Gasteiger partial charge in [-0.15, -0.1) is 0 Å². The highest BCUT2D eigenvalue weighted by atomic mass is 32.1. The van der Waals surface area contributed by atoms with E-state index in [1.165, 1.54) is 16.7 Å². The quantitative estimate of drug-likeness (QED) is 0.756. The van der Waals surface area contributed by atoms with E-state index in [1.807, 2.05) is 0 Å². The first-order chi connectivity index (χ1) is 10.0. The van der Waals surface area contributed by atoms with Gasteiger partial charge in [0.25, 0.3) is 0 Å². The summed E-state index contributed by atoms with van der Waals surface area (Å²) in [6.07, 6.45) is 0. The largest absolute Gasteiger partial charge is 0.359 e. The summed E-state index contributed by atoms with van der Waals surface area (Å²) >= 11 is 5.74. The van der Waals surface area contributed by atoms with Crippen molar-refractivity contribution in [2.24, 2.45) is 0 Å². The Morgan fingerprint density at radius 3 is 2.29 bits per heavy atom. The van der Waals surface area contributed by atoms with Gasteiger partial charge in [-0.05, 0) is 31.9 Å². The number of thiocarbonyl (C=S) groups is 1. The van der Waals surface area contributed by atoms with Crippen molar-refractivity contribution in [3.05, 3.63) is 71.3 Å². The SMILES string of the molecule is CC(C)N1CC(C)(c2ccccc2)c2ccccc2C1=S. The Bertz CT molecular complexity index is 662. The first-order valence-electron chi connectivity index (χ1n) is 7.50. The second kappa shape index (κ2) is 5.27. The van der Waals surface area contributed by atoms with E-state index in [9.17, 15) is 0 Å². The van der Waals surface area contributed by atoms with Gasteiger partial charge in [-0.2, -0.15) is 0 Å². The molecule has 0 saturated carbocycles. The number of benzene rings is 2. The van der Waals surface area contributed by atoms with Crippen molar-refractivity contribution < 1.29 is 0 Å². The number of hydrogen-bond donors (Lipinski definition) is 0. The average molecular weight is 295 g/mol. The van der Waals surface area contributed by atoms with E-state index in [-0.39, 0.29) is 5.41 Å². The summed E-state index contributed by atoms with van der Waals surface area (Å²) in [6, 6.07) is 19.8. The summed E-state index contributed by atoms with van der Waals surface area (Å²) in [6.45, 7) is 7.69. The van der Waals surface area contributed by atoms with Gasteiger partial charge in [-0.1, -0.05) is 66.8 Å². The maximum atomic E-state index is 5.74. The van der Waals surface area contributed by atoms with E-state index in [2.05, 4.69) is 80.3 Å². The maximum Gasteiger partial charge on any atom is 0.109 e. The zero-order valence-corrected chi connectivity index (χ0v) is 13.7. The Kier molecular flexibility index (Phi) is 3.58. The standard InChI is InChI=1S/C19H21NS/c1-14(2)20-13-19(3,15-9-5-4-6-10-15)17-12-8-7-11-16(17)18(20)21/h4-12,14H,13H2,1-3H3. The number of rotatable bonds is 2. The van der Waals surface area contributed by atoms with Crippen LogP contribution in [0.2, 0.25) is 0 Å². The highest BCUT2D eigenvalue weighted by Crippen LogP contribution is 2.39. The molecule has 21 heavy (non-hydrogen) atoms. The second-order valence-corrected chi connectivity index (χ2v) is 6.66. The molecule has 1 aliphatic rings. The Morgan fingerprint density at radius 2 is 1.62 bits per heavy atom. The van der Waals surface area contributed by atoms with E-state index in [0.717, 1.165) is 11.5 Å².